The summed E-state index contributed by atoms with van der Waals surface area (Å²) in [4.78, 5) is 9.12. The Morgan fingerprint density at radius 1 is 0.778 bits per heavy atom. The van der Waals surface area contributed by atoms with Crippen molar-refractivity contribution in [2.24, 2.45) is 0 Å². The number of benzene rings is 3. The summed E-state index contributed by atoms with van der Waals surface area (Å²) in [7, 11) is 2.10. The quantitative estimate of drug-likeness (QED) is 0.286. The molecule has 2 aliphatic rings. The highest BCUT2D eigenvalue weighted by atomic mass is 16.5. The van der Waals surface area contributed by atoms with Crippen molar-refractivity contribution in [1.29, 1.82) is 0 Å². The molecule has 4 heterocycles. The number of para-hydroxylation sites is 1. The predicted molar refractivity (Wildman–Crippen MR) is 145 cm³/mol. The summed E-state index contributed by atoms with van der Waals surface area (Å²) in [5.41, 5.74) is 4.46. The van der Waals surface area contributed by atoms with Crippen LogP contribution in [0.1, 0.15) is 5.56 Å². The largest absolute Gasteiger partial charge is 0.457 e. The molecule has 0 N–H and O–H groups in total. The van der Waals surface area contributed by atoms with Crippen LogP contribution < -0.4 is 4.74 Å². The highest BCUT2D eigenvalue weighted by Gasteiger charge is 2.28. The summed E-state index contributed by atoms with van der Waals surface area (Å²) in [5, 5.41) is 2.37. The van der Waals surface area contributed by atoms with Gasteiger partial charge < -0.3 is 14.5 Å². The number of allylic oxidation sites excluding steroid dienone is 2. The minimum atomic E-state index is 0.213. The third-order valence-corrected chi connectivity index (χ3v) is 6.84. The normalized spacial score (nSPS) is 16.6. The second-order valence-electron chi connectivity index (χ2n) is 9.08. The van der Waals surface area contributed by atoms with E-state index in [0.29, 0.717) is 0 Å². The fraction of sp³-hybridized carbons (Fsp3) is 0.0645. The second kappa shape index (κ2) is 8.17. The minimum Gasteiger partial charge on any atom is -0.457 e. The minimum absolute atomic E-state index is 0.213. The lowest BCUT2D eigenvalue weighted by atomic mass is 10.1. The first-order valence-electron chi connectivity index (χ1n) is 12.1. The molecule has 0 bridgehead atoms. The molecule has 0 fully saturated rings. The fourth-order valence-corrected chi connectivity index (χ4v) is 5.20. The molecule has 5 aromatic rings. The Morgan fingerprint density at radius 3 is 2.56 bits per heavy atom. The highest BCUT2D eigenvalue weighted by molar-refractivity contribution is 6.09. The van der Waals surface area contributed by atoms with Gasteiger partial charge in [-0.2, -0.15) is 0 Å². The summed E-state index contributed by atoms with van der Waals surface area (Å²) in [6.45, 7) is 0. The van der Waals surface area contributed by atoms with Crippen LogP contribution in [-0.2, 0) is 0 Å². The van der Waals surface area contributed by atoms with Gasteiger partial charge in [-0.05, 0) is 54.6 Å². The average molecular weight is 469 g/mol. The number of ether oxygens (including phenoxy) is 1. The van der Waals surface area contributed by atoms with Gasteiger partial charge in [0.25, 0.3) is 0 Å². The van der Waals surface area contributed by atoms with Gasteiger partial charge in [0.05, 0.1) is 16.7 Å². The van der Waals surface area contributed by atoms with Gasteiger partial charge in [0, 0.05) is 48.0 Å². The van der Waals surface area contributed by atoms with E-state index in [-0.39, 0.29) is 6.17 Å². The van der Waals surface area contributed by atoms with E-state index in [1.54, 1.807) is 0 Å². The lowest BCUT2D eigenvalue weighted by Gasteiger charge is -2.29. The molecule has 0 saturated carbocycles. The van der Waals surface area contributed by atoms with Crippen molar-refractivity contribution in [3.8, 4) is 17.3 Å². The monoisotopic (exact) mass is 468 g/mol. The smallest absolute Gasteiger partial charge is 0.137 e. The Balaban J connectivity index is 1.28. The number of fused-ring (bicyclic) bond motifs is 4. The van der Waals surface area contributed by atoms with E-state index in [2.05, 4.69) is 106 Å². The molecule has 1 unspecified atom stereocenters. The van der Waals surface area contributed by atoms with Gasteiger partial charge in [-0.25, -0.2) is 4.98 Å². The van der Waals surface area contributed by atoms with Crippen molar-refractivity contribution in [3.05, 3.63) is 127 Å². The molecule has 0 radical (unpaired) electrons. The standard InChI is InChI=1S/C31H24N4O/c1-33-21-29(34-18-7-5-14-31(33)34)22-9-8-10-23(19-22)36-24-15-16-26-25-11-2-3-12-27(25)35(28(26)20-24)30-13-4-6-17-32-30/h2-21,31H,1H3. The molecule has 2 aromatic heterocycles. The molecule has 0 aliphatic carbocycles. The first-order valence-corrected chi connectivity index (χ1v) is 12.1. The van der Waals surface area contributed by atoms with Crippen molar-refractivity contribution in [1.82, 2.24) is 19.4 Å². The molecule has 2 aliphatic heterocycles. The zero-order valence-electron chi connectivity index (χ0n) is 19.8. The third-order valence-electron chi connectivity index (χ3n) is 6.84. The molecular formula is C31H24N4O. The van der Waals surface area contributed by atoms with Crippen LogP contribution in [-0.4, -0.2) is 32.6 Å². The van der Waals surface area contributed by atoms with Crippen molar-refractivity contribution in [2.75, 3.05) is 7.05 Å². The molecule has 5 nitrogen and oxygen atoms in total. The first kappa shape index (κ1) is 20.6. The molecule has 0 amide bonds. The molecule has 0 spiro atoms. The van der Waals surface area contributed by atoms with E-state index >= 15 is 0 Å². The van der Waals surface area contributed by atoms with Gasteiger partial charge in [0.1, 0.15) is 23.5 Å². The fourth-order valence-electron chi connectivity index (χ4n) is 5.20. The molecule has 5 heteroatoms. The Morgan fingerprint density at radius 2 is 1.64 bits per heavy atom. The van der Waals surface area contributed by atoms with Crippen molar-refractivity contribution < 1.29 is 4.74 Å². The van der Waals surface area contributed by atoms with Gasteiger partial charge in [-0.3, -0.25) is 4.57 Å². The molecule has 3 aromatic carbocycles. The van der Waals surface area contributed by atoms with Crippen molar-refractivity contribution in [3.63, 3.8) is 0 Å². The second-order valence-corrected chi connectivity index (χ2v) is 9.08. The number of nitrogens with zero attached hydrogens (tertiary/aromatic N) is 4. The Bertz CT molecular complexity index is 1700. The van der Waals surface area contributed by atoms with Crippen LogP contribution in [0, 0.1) is 0 Å². The van der Waals surface area contributed by atoms with E-state index < -0.39 is 0 Å². The third kappa shape index (κ3) is 3.28. The summed E-state index contributed by atoms with van der Waals surface area (Å²) in [6.07, 6.45) is 12.7. The lowest BCUT2D eigenvalue weighted by Crippen LogP contribution is -2.33. The van der Waals surface area contributed by atoms with E-state index in [0.717, 1.165) is 39.6 Å². The van der Waals surface area contributed by atoms with Gasteiger partial charge in [-0.15, -0.1) is 0 Å². The Kier molecular flexibility index (Phi) is 4.67. The molecule has 174 valence electrons. The molecule has 7 rings (SSSR count). The van der Waals surface area contributed by atoms with Gasteiger partial charge in [0.15, 0.2) is 0 Å². The number of pyridine rings is 1. The number of hydrogen-bond donors (Lipinski definition) is 0. The Labute approximate surface area is 209 Å². The maximum Gasteiger partial charge on any atom is 0.137 e. The molecule has 36 heavy (non-hydrogen) atoms. The van der Waals surface area contributed by atoms with E-state index in [1.165, 1.54) is 10.8 Å². The van der Waals surface area contributed by atoms with Crippen LogP contribution >= 0.6 is 0 Å². The van der Waals surface area contributed by atoms with Crippen LogP contribution in [0.15, 0.2) is 122 Å². The number of rotatable bonds is 4. The topological polar surface area (TPSA) is 33.5 Å². The SMILES string of the molecule is CN1C=C(c2cccc(Oc3ccc4c5ccccc5n(-c5ccccn5)c4c3)c2)N2C=CC=CC12. The zero-order chi connectivity index (χ0) is 24.1. The summed E-state index contributed by atoms with van der Waals surface area (Å²) in [6, 6.07) is 29.0. The zero-order valence-corrected chi connectivity index (χ0v) is 19.8. The van der Waals surface area contributed by atoms with Crippen LogP contribution in [0.5, 0.6) is 11.5 Å². The van der Waals surface area contributed by atoms with Crippen molar-refractivity contribution in [2.45, 2.75) is 6.17 Å². The Hall–Kier alpha value is -4.77. The summed E-state index contributed by atoms with van der Waals surface area (Å²) >= 11 is 0. The van der Waals surface area contributed by atoms with E-state index in [4.69, 9.17) is 4.74 Å². The van der Waals surface area contributed by atoms with Crippen LogP contribution in [0.2, 0.25) is 0 Å². The van der Waals surface area contributed by atoms with Crippen LogP contribution in [0.25, 0.3) is 33.3 Å². The number of hydrogen-bond acceptors (Lipinski definition) is 4. The number of aromatic nitrogens is 2. The maximum atomic E-state index is 6.41. The van der Waals surface area contributed by atoms with Crippen molar-refractivity contribution >= 4 is 27.5 Å². The van der Waals surface area contributed by atoms with E-state index in [1.807, 2.05) is 42.6 Å². The molecular weight excluding hydrogens is 444 g/mol. The van der Waals surface area contributed by atoms with Gasteiger partial charge in [-0.1, -0.05) is 42.5 Å². The summed E-state index contributed by atoms with van der Waals surface area (Å²) in [5.74, 6) is 2.48. The van der Waals surface area contributed by atoms with Crippen LogP contribution in [0.4, 0.5) is 0 Å². The summed E-state index contributed by atoms with van der Waals surface area (Å²) < 4.78 is 8.61. The molecule has 0 saturated heterocycles. The van der Waals surface area contributed by atoms with E-state index in [9.17, 15) is 0 Å². The predicted octanol–water partition coefficient (Wildman–Crippen LogP) is 6.93. The molecule has 1 atom stereocenters. The maximum absolute atomic E-state index is 6.41. The number of likely N-dealkylation sites (N-methyl/N-ethyl adjacent to an activating group) is 1. The first-order chi connectivity index (χ1) is 17.8. The van der Waals surface area contributed by atoms with Gasteiger partial charge in [0.2, 0.25) is 0 Å². The van der Waals surface area contributed by atoms with Crippen LogP contribution in [0.3, 0.4) is 0 Å². The highest BCUT2D eigenvalue weighted by Crippen LogP contribution is 2.37. The average Bonchev–Trinajstić information content (AvgIpc) is 3.44. The van der Waals surface area contributed by atoms with Gasteiger partial charge >= 0.3 is 0 Å². The lowest BCUT2D eigenvalue weighted by molar-refractivity contribution is 0.282.